The first kappa shape index (κ1) is 47.2. The maximum absolute atomic E-state index is 14.3. The van der Waals surface area contributed by atoms with E-state index < -0.39 is 11.0 Å². The summed E-state index contributed by atoms with van der Waals surface area (Å²) in [6, 6.07) is 0. The second-order valence-electron chi connectivity index (χ2n) is 15.6. The molecule has 0 aromatic heterocycles. The van der Waals surface area contributed by atoms with E-state index >= 15 is 0 Å². The minimum Gasteiger partial charge on any atom is -0.367 e. The minimum atomic E-state index is -3.44. The van der Waals surface area contributed by atoms with Crippen LogP contribution in [0.3, 0.4) is 0 Å². The lowest BCUT2D eigenvalue weighted by atomic mass is 9.97. The SMILES string of the molecule is CCCCC(C)CCCCCCCCCC(=O)SC(O)(C[N+](C)(C)C)P(=O)(CC)SC(=O)CCCCCCCCCC(C)CCCC. The average molecular weight is 721 g/mol. The fourth-order valence-corrected chi connectivity index (χ4v) is 13.5. The van der Waals surface area contributed by atoms with Crippen LogP contribution in [0.2, 0.25) is 0 Å². The fraction of sp³-hybridized carbons (Fsp3) is 0.949. The number of quaternary nitrogens is 1. The molecule has 0 bridgehead atoms. The van der Waals surface area contributed by atoms with Crippen molar-refractivity contribution in [2.24, 2.45) is 11.8 Å². The first-order valence-electron chi connectivity index (χ1n) is 19.8. The summed E-state index contributed by atoms with van der Waals surface area (Å²) >= 11 is 1.69. The first-order chi connectivity index (χ1) is 22.2. The Morgan fingerprint density at radius 1 is 0.617 bits per heavy atom. The van der Waals surface area contributed by atoms with E-state index in [1.165, 1.54) is 103 Å². The van der Waals surface area contributed by atoms with Crippen LogP contribution in [0.4, 0.5) is 0 Å². The maximum Gasteiger partial charge on any atom is 0.229 e. The third kappa shape index (κ3) is 24.9. The number of aliphatic hydroxyl groups is 1. The van der Waals surface area contributed by atoms with Gasteiger partial charge in [0.1, 0.15) is 6.54 Å². The Morgan fingerprint density at radius 3 is 1.36 bits per heavy atom. The molecule has 0 saturated heterocycles. The normalized spacial score (nSPS) is 16.0. The van der Waals surface area contributed by atoms with Crippen molar-refractivity contribution in [1.82, 2.24) is 0 Å². The molecule has 0 fully saturated rings. The Bertz CT molecular complexity index is 849. The molecule has 4 unspecified atom stereocenters. The quantitative estimate of drug-likeness (QED) is 0.0323. The number of likely N-dealkylation sites (N-methyl/N-ethyl adjacent to an activating group) is 1. The summed E-state index contributed by atoms with van der Waals surface area (Å²) in [7, 11) is 5.80. The maximum atomic E-state index is 14.3. The summed E-state index contributed by atoms with van der Waals surface area (Å²) in [5.41, 5.74) is 0. The van der Waals surface area contributed by atoms with E-state index in [0.717, 1.165) is 73.5 Å². The standard InChI is InChI=1S/C39H79NO4PS2/c1-9-12-28-35(4)30-24-20-16-14-18-22-26-32-37(41)46-39(43,34-40(6,7)8)45(44,11-3)47-38(42)33-27-23-19-15-17-21-25-31-36(5)29-13-10-2/h35-36,43H,9-34H2,1-8H3/q+1. The van der Waals surface area contributed by atoms with Gasteiger partial charge in [-0.15, -0.1) is 0 Å². The molecular formula is C39H79NO4PS2+. The zero-order valence-electron chi connectivity index (χ0n) is 32.4. The van der Waals surface area contributed by atoms with Crippen LogP contribution in [0.1, 0.15) is 189 Å². The highest BCUT2D eigenvalue weighted by Crippen LogP contribution is 2.71. The summed E-state index contributed by atoms with van der Waals surface area (Å²) in [6.45, 7) is 11.2. The summed E-state index contributed by atoms with van der Waals surface area (Å²) in [5.74, 6) is 1.69. The van der Waals surface area contributed by atoms with Gasteiger partial charge in [0.25, 0.3) is 0 Å². The van der Waals surface area contributed by atoms with Crippen LogP contribution in [0.25, 0.3) is 0 Å². The Morgan fingerprint density at radius 2 is 0.979 bits per heavy atom. The molecule has 0 aliphatic heterocycles. The molecule has 1 N–H and O–H groups in total. The molecule has 0 heterocycles. The van der Waals surface area contributed by atoms with Crippen molar-refractivity contribution < 1.29 is 23.7 Å². The lowest BCUT2D eigenvalue weighted by Crippen LogP contribution is -2.48. The van der Waals surface area contributed by atoms with E-state index in [9.17, 15) is 19.3 Å². The van der Waals surface area contributed by atoms with Gasteiger partial charge in [-0.05, 0) is 47.8 Å². The van der Waals surface area contributed by atoms with Crippen LogP contribution in [0, 0.1) is 11.8 Å². The Kier molecular flexibility index (Phi) is 28.0. The highest BCUT2D eigenvalue weighted by Gasteiger charge is 2.53. The number of thioether (sulfide) groups is 1. The van der Waals surface area contributed by atoms with E-state index in [-0.39, 0.29) is 22.9 Å². The third-order valence-corrected chi connectivity index (χ3v) is 17.7. The lowest BCUT2D eigenvalue weighted by Gasteiger charge is -2.38. The summed E-state index contributed by atoms with van der Waals surface area (Å²) < 4.78 is 12.9. The van der Waals surface area contributed by atoms with Crippen LogP contribution in [0.5, 0.6) is 0 Å². The van der Waals surface area contributed by atoms with Gasteiger partial charge in [-0.2, -0.15) is 0 Å². The second kappa shape index (κ2) is 27.9. The zero-order chi connectivity index (χ0) is 35.6. The molecule has 0 spiro atoms. The number of nitrogens with zero attached hydrogens (tertiary/aromatic N) is 1. The first-order valence-corrected chi connectivity index (χ1v) is 23.9. The number of rotatable bonds is 32. The van der Waals surface area contributed by atoms with E-state index in [4.69, 9.17) is 0 Å². The van der Waals surface area contributed by atoms with Crippen LogP contribution < -0.4 is 0 Å². The molecule has 8 heteroatoms. The van der Waals surface area contributed by atoms with Crippen LogP contribution in [-0.2, 0) is 14.2 Å². The van der Waals surface area contributed by atoms with Crippen molar-refractivity contribution in [2.75, 3.05) is 33.8 Å². The molecule has 0 aliphatic rings. The number of hydrogen-bond acceptors (Lipinski definition) is 6. The van der Waals surface area contributed by atoms with Gasteiger partial charge in [-0.25, -0.2) is 0 Å². The lowest BCUT2D eigenvalue weighted by molar-refractivity contribution is -0.873. The second-order valence-corrected chi connectivity index (χ2v) is 23.0. The molecule has 4 atom stereocenters. The Labute approximate surface area is 301 Å². The minimum absolute atomic E-state index is 0.112. The third-order valence-electron chi connectivity index (χ3n) is 9.41. The number of carbonyl (C=O) groups excluding carboxylic acids is 2. The highest BCUT2D eigenvalue weighted by atomic mass is 32.7. The largest absolute Gasteiger partial charge is 0.367 e. The van der Waals surface area contributed by atoms with Crippen LogP contribution in [0.15, 0.2) is 0 Å². The van der Waals surface area contributed by atoms with Crippen LogP contribution in [-0.4, -0.2) is 58.3 Å². The van der Waals surface area contributed by atoms with Gasteiger partial charge in [0, 0.05) is 19.0 Å². The smallest absolute Gasteiger partial charge is 0.229 e. The van der Waals surface area contributed by atoms with Crippen LogP contribution >= 0.6 is 29.5 Å². The molecule has 0 saturated carbocycles. The molecular weight excluding hydrogens is 642 g/mol. The molecule has 5 nitrogen and oxygen atoms in total. The predicted octanol–water partition coefficient (Wildman–Crippen LogP) is 12.8. The molecule has 0 rings (SSSR count). The summed E-state index contributed by atoms with van der Waals surface area (Å²) in [6.07, 6.45) is 24.2. The van der Waals surface area contributed by atoms with Crippen molar-refractivity contribution in [3.05, 3.63) is 0 Å². The van der Waals surface area contributed by atoms with Crippen molar-refractivity contribution >= 4 is 39.7 Å². The van der Waals surface area contributed by atoms with Gasteiger partial charge in [0.2, 0.25) is 4.67 Å². The van der Waals surface area contributed by atoms with Gasteiger partial charge in [-0.3, -0.25) is 9.59 Å². The predicted molar refractivity (Wildman–Crippen MR) is 212 cm³/mol. The Balaban J connectivity index is 4.57. The van der Waals surface area contributed by atoms with Crippen molar-refractivity contribution in [2.45, 2.75) is 193 Å². The summed E-state index contributed by atoms with van der Waals surface area (Å²) in [4.78, 5) is 26.1. The van der Waals surface area contributed by atoms with Gasteiger partial charge >= 0.3 is 0 Å². The Hall–Kier alpha value is 0.190. The average Bonchev–Trinajstić information content (AvgIpc) is 2.99. The number of carbonyl (C=O) groups is 2. The highest BCUT2D eigenvalue weighted by molar-refractivity contribution is 8.67. The molecule has 0 aliphatic carbocycles. The van der Waals surface area contributed by atoms with Crippen molar-refractivity contribution in [1.29, 1.82) is 0 Å². The van der Waals surface area contributed by atoms with Crippen molar-refractivity contribution in [3.63, 3.8) is 0 Å². The van der Waals surface area contributed by atoms with Gasteiger partial charge < -0.3 is 14.2 Å². The van der Waals surface area contributed by atoms with E-state index in [1.54, 1.807) is 6.92 Å². The van der Waals surface area contributed by atoms with Gasteiger partial charge in [0.15, 0.2) is 16.6 Å². The zero-order valence-corrected chi connectivity index (χ0v) is 34.9. The fourth-order valence-electron chi connectivity index (χ4n) is 6.34. The van der Waals surface area contributed by atoms with E-state index in [1.807, 2.05) is 21.1 Å². The van der Waals surface area contributed by atoms with Gasteiger partial charge in [0.05, 0.1) is 21.1 Å². The number of hydrogen-bond donors (Lipinski definition) is 1. The molecule has 0 aromatic carbocycles. The van der Waals surface area contributed by atoms with Crippen molar-refractivity contribution in [3.8, 4) is 0 Å². The van der Waals surface area contributed by atoms with E-state index in [0.29, 0.717) is 17.3 Å². The molecule has 0 aromatic rings. The molecule has 0 amide bonds. The summed E-state index contributed by atoms with van der Waals surface area (Å²) in [5, 5.41) is 11.7. The molecule has 0 radical (unpaired) electrons. The molecule has 47 heavy (non-hydrogen) atoms. The molecule has 280 valence electrons. The van der Waals surface area contributed by atoms with Gasteiger partial charge in [-0.1, -0.05) is 163 Å². The topological polar surface area (TPSA) is 71.4 Å². The number of unbranched alkanes of at least 4 members (excludes halogenated alkanes) is 14. The monoisotopic (exact) mass is 721 g/mol. The van der Waals surface area contributed by atoms with E-state index in [2.05, 4.69) is 27.7 Å².